The number of phenolic OH excluding ortho intramolecular Hbond substituents is 1. The number of pyridine rings is 1. The highest BCUT2D eigenvalue weighted by atomic mass is 19.1. The van der Waals surface area contributed by atoms with Crippen LogP contribution >= 0.6 is 0 Å². The van der Waals surface area contributed by atoms with E-state index in [0.29, 0.717) is 29.0 Å². The summed E-state index contributed by atoms with van der Waals surface area (Å²) in [5.74, 6) is 0.222. The number of nitriles is 1. The van der Waals surface area contributed by atoms with Crippen LogP contribution in [0.25, 0.3) is 22.4 Å². The number of hydrogen-bond donors (Lipinski definition) is 2. The lowest BCUT2D eigenvalue weighted by atomic mass is 9.93. The molecular formula is C20H14FN3O2. The number of phenols is 1. The fourth-order valence-corrected chi connectivity index (χ4v) is 3.47. The van der Waals surface area contributed by atoms with Crippen molar-refractivity contribution in [2.75, 3.05) is 12.8 Å². The van der Waals surface area contributed by atoms with Crippen LogP contribution in [-0.4, -0.2) is 17.2 Å². The maximum Gasteiger partial charge on any atom is 0.142 e. The Hall–Kier alpha value is -3.59. The van der Waals surface area contributed by atoms with E-state index < -0.39 is 5.82 Å². The molecule has 3 aromatic rings. The van der Waals surface area contributed by atoms with E-state index in [1.54, 1.807) is 18.2 Å². The third-order valence-corrected chi connectivity index (χ3v) is 4.58. The Balaban J connectivity index is 2.08. The molecule has 0 bridgehead atoms. The normalized spacial score (nSPS) is 11.6. The van der Waals surface area contributed by atoms with Crippen molar-refractivity contribution >= 4 is 5.82 Å². The molecule has 1 heterocycles. The summed E-state index contributed by atoms with van der Waals surface area (Å²) >= 11 is 0. The van der Waals surface area contributed by atoms with E-state index in [-0.39, 0.29) is 17.1 Å². The molecule has 26 heavy (non-hydrogen) atoms. The summed E-state index contributed by atoms with van der Waals surface area (Å²) in [6.45, 7) is 0. The molecule has 0 atom stereocenters. The van der Waals surface area contributed by atoms with Gasteiger partial charge < -0.3 is 15.6 Å². The Morgan fingerprint density at radius 1 is 1.23 bits per heavy atom. The molecule has 1 aliphatic carbocycles. The molecule has 0 saturated heterocycles. The minimum absolute atomic E-state index is 0.0773. The molecule has 2 aromatic carbocycles. The monoisotopic (exact) mass is 347 g/mol. The number of nitrogens with two attached hydrogens (primary N) is 1. The van der Waals surface area contributed by atoms with E-state index in [1.165, 1.54) is 25.3 Å². The molecule has 0 amide bonds. The second-order valence-corrected chi connectivity index (χ2v) is 6.05. The van der Waals surface area contributed by atoms with Crippen molar-refractivity contribution in [3.63, 3.8) is 0 Å². The molecule has 3 N–H and O–H groups in total. The second-order valence-electron chi connectivity index (χ2n) is 6.05. The smallest absolute Gasteiger partial charge is 0.142 e. The SMILES string of the molecule is COc1ccc(F)cc1-c1c(C#N)c(N)nc2c1Cc1cc(O)ccc1-2. The van der Waals surface area contributed by atoms with Gasteiger partial charge in [0, 0.05) is 23.1 Å². The van der Waals surface area contributed by atoms with Crippen molar-refractivity contribution in [2.45, 2.75) is 6.42 Å². The summed E-state index contributed by atoms with van der Waals surface area (Å²) in [5.41, 5.74) is 10.3. The van der Waals surface area contributed by atoms with Gasteiger partial charge in [-0.3, -0.25) is 0 Å². The minimum atomic E-state index is -0.443. The summed E-state index contributed by atoms with van der Waals surface area (Å²) in [6, 6.07) is 11.2. The van der Waals surface area contributed by atoms with Gasteiger partial charge in [-0.25, -0.2) is 9.37 Å². The van der Waals surface area contributed by atoms with Crippen molar-refractivity contribution in [2.24, 2.45) is 0 Å². The standard InChI is InChI=1S/C20H14FN3O2/c1-26-17-5-2-11(21)8-14(17)18-15-7-10-6-12(25)3-4-13(10)19(15)24-20(23)16(18)9-22/h2-6,8,25H,7H2,1H3,(H2,23,24). The first-order valence-corrected chi connectivity index (χ1v) is 7.92. The van der Waals surface area contributed by atoms with Crippen LogP contribution in [0.3, 0.4) is 0 Å². The average Bonchev–Trinajstić information content (AvgIpc) is 2.97. The van der Waals surface area contributed by atoms with Gasteiger partial charge in [-0.2, -0.15) is 5.26 Å². The lowest BCUT2D eigenvalue weighted by Crippen LogP contribution is -2.03. The molecule has 0 aliphatic heterocycles. The lowest BCUT2D eigenvalue weighted by Gasteiger charge is -2.15. The van der Waals surface area contributed by atoms with Gasteiger partial charge in [-0.05, 0) is 47.5 Å². The summed E-state index contributed by atoms with van der Waals surface area (Å²) in [4.78, 5) is 4.40. The minimum Gasteiger partial charge on any atom is -0.508 e. The van der Waals surface area contributed by atoms with Gasteiger partial charge in [0.25, 0.3) is 0 Å². The first-order chi connectivity index (χ1) is 12.5. The van der Waals surface area contributed by atoms with Crippen LogP contribution in [0.5, 0.6) is 11.5 Å². The fraction of sp³-hybridized carbons (Fsp3) is 0.100. The number of anilines is 1. The predicted molar refractivity (Wildman–Crippen MR) is 95.2 cm³/mol. The highest BCUT2D eigenvalue weighted by Crippen LogP contribution is 2.46. The number of hydrogen-bond acceptors (Lipinski definition) is 5. The molecule has 0 saturated carbocycles. The zero-order valence-corrected chi connectivity index (χ0v) is 13.9. The molecule has 5 nitrogen and oxygen atoms in total. The number of benzene rings is 2. The maximum absolute atomic E-state index is 14.0. The highest BCUT2D eigenvalue weighted by Gasteiger charge is 2.29. The van der Waals surface area contributed by atoms with Crippen LogP contribution in [0.2, 0.25) is 0 Å². The molecule has 0 spiro atoms. The van der Waals surface area contributed by atoms with Crippen LogP contribution in [0.15, 0.2) is 36.4 Å². The van der Waals surface area contributed by atoms with Crippen molar-refractivity contribution < 1.29 is 14.2 Å². The van der Waals surface area contributed by atoms with Gasteiger partial charge in [-0.15, -0.1) is 0 Å². The molecule has 0 radical (unpaired) electrons. The number of aromatic hydroxyl groups is 1. The predicted octanol–water partition coefficient (Wildman–Crippen LogP) is 3.63. The van der Waals surface area contributed by atoms with Crippen LogP contribution in [0, 0.1) is 17.1 Å². The van der Waals surface area contributed by atoms with Gasteiger partial charge in [-0.1, -0.05) is 0 Å². The number of methoxy groups -OCH3 is 1. The molecule has 0 fully saturated rings. The van der Waals surface area contributed by atoms with E-state index in [4.69, 9.17) is 10.5 Å². The van der Waals surface area contributed by atoms with Gasteiger partial charge >= 0.3 is 0 Å². The summed E-state index contributed by atoms with van der Waals surface area (Å²) in [5, 5.41) is 19.4. The van der Waals surface area contributed by atoms with Crippen LogP contribution < -0.4 is 10.5 Å². The third kappa shape index (κ3) is 2.25. The van der Waals surface area contributed by atoms with Crippen molar-refractivity contribution in [1.82, 2.24) is 4.98 Å². The highest BCUT2D eigenvalue weighted by molar-refractivity contribution is 5.90. The molecule has 128 valence electrons. The average molecular weight is 347 g/mol. The molecule has 1 aromatic heterocycles. The Morgan fingerprint density at radius 3 is 2.77 bits per heavy atom. The van der Waals surface area contributed by atoms with Crippen LogP contribution in [-0.2, 0) is 6.42 Å². The topological polar surface area (TPSA) is 92.2 Å². The quantitative estimate of drug-likeness (QED) is 0.578. The number of halogens is 1. The molecule has 1 aliphatic rings. The Morgan fingerprint density at radius 2 is 2.04 bits per heavy atom. The summed E-state index contributed by atoms with van der Waals surface area (Å²) in [6.07, 6.45) is 0.454. The van der Waals surface area contributed by atoms with Gasteiger partial charge in [0.2, 0.25) is 0 Å². The summed E-state index contributed by atoms with van der Waals surface area (Å²) in [7, 11) is 1.49. The summed E-state index contributed by atoms with van der Waals surface area (Å²) < 4.78 is 19.3. The molecule has 6 heteroatoms. The number of fused-ring (bicyclic) bond motifs is 3. The molecular weight excluding hydrogens is 333 g/mol. The van der Waals surface area contributed by atoms with E-state index in [2.05, 4.69) is 11.1 Å². The van der Waals surface area contributed by atoms with Gasteiger partial charge in [0.15, 0.2) is 0 Å². The zero-order chi connectivity index (χ0) is 18.4. The van der Waals surface area contributed by atoms with Gasteiger partial charge in [0.05, 0.1) is 12.8 Å². The first-order valence-electron chi connectivity index (χ1n) is 7.92. The van der Waals surface area contributed by atoms with E-state index in [0.717, 1.165) is 16.7 Å². The number of nitrogen functional groups attached to an aromatic ring is 1. The maximum atomic E-state index is 14.0. The number of aromatic nitrogens is 1. The van der Waals surface area contributed by atoms with E-state index >= 15 is 0 Å². The first kappa shape index (κ1) is 15.9. The largest absolute Gasteiger partial charge is 0.508 e. The number of rotatable bonds is 2. The molecule has 4 rings (SSSR count). The third-order valence-electron chi connectivity index (χ3n) is 4.58. The number of ether oxygens (including phenoxy) is 1. The second kappa shape index (κ2) is 5.74. The Bertz CT molecular complexity index is 1100. The number of nitrogens with zero attached hydrogens (tertiary/aromatic N) is 2. The van der Waals surface area contributed by atoms with Crippen molar-refractivity contribution in [3.05, 3.63) is 58.9 Å². The molecule has 0 unspecified atom stereocenters. The fourth-order valence-electron chi connectivity index (χ4n) is 3.47. The Kier molecular flexibility index (Phi) is 3.51. The zero-order valence-electron chi connectivity index (χ0n) is 13.9. The van der Waals surface area contributed by atoms with Crippen molar-refractivity contribution in [3.8, 4) is 40.0 Å². The van der Waals surface area contributed by atoms with Crippen LogP contribution in [0.1, 0.15) is 16.7 Å². The van der Waals surface area contributed by atoms with E-state index in [1.807, 2.05) is 0 Å². The van der Waals surface area contributed by atoms with E-state index in [9.17, 15) is 14.8 Å². The lowest BCUT2D eigenvalue weighted by molar-refractivity contribution is 0.415. The van der Waals surface area contributed by atoms with Crippen molar-refractivity contribution in [1.29, 1.82) is 5.26 Å². The van der Waals surface area contributed by atoms with Gasteiger partial charge in [0.1, 0.15) is 34.8 Å². The Labute approximate surface area is 149 Å². The van der Waals surface area contributed by atoms with Crippen LogP contribution in [0.4, 0.5) is 10.2 Å².